The number of nitriles is 1. The number of anilines is 1. The molecule has 3 aromatic heterocycles. The summed E-state index contributed by atoms with van der Waals surface area (Å²) in [4.78, 5) is 4.35. The zero-order valence-electron chi connectivity index (χ0n) is 18.1. The second-order valence-corrected chi connectivity index (χ2v) is 8.18. The van der Waals surface area contributed by atoms with Crippen LogP contribution in [0, 0.1) is 22.6 Å². The first-order valence-corrected chi connectivity index (χ1v) is 9.97. The molecule has 1 N–H and O–H groups in total. The maximum Gasteiger partial charge on any atom is 0.244 e. The van der Waals surface area contributed by atoms with Crippen molar-refractivity contribution in [2.24, 2.45) is 5.41 Å². The van der Waals surface area contributed by atoms with Gasteiger partial charge in [-0.2, -0.15) is 10.2 Å². The monoisotopic (exact) mass is 440 g/mol. The van der Waals surface area contributed by atoms with Gasteiger partial charge in [0.1, 0.15) is 17.7 Å². The van der Waals surface area contributed by atoms with Crippen LogP contribution >= 0.6 is 0 Å². The fourth-order valence-electron chi connectivity index (χ4n) is 3.34. The Labute approximate surface area is 182 Å². The largest absolute Gasteiger partial charge is 0.479 e. The van der Waals surface area contributed by atoms with E-state index in [-0.39, 0.29) is 17.4 Å². The molecule has 0 unspecified atom stereocenters. The van der Waals surface area contributed by atoms with Crippen molar-refractivity contribution in [3.8, 4) is 23.1 Å². The molecule has 0 amide bonds. The Morgan fingerprint density at radius 2 is 2.12 bits per heavy atom. The number of hydrogen-bond donors (Lipinski definition) is 1. The van der Waals surface area contributed by atoms with Crippen molar-refractivity contribution in [2.45, 2.75) is 26.8 Å². The lowest BCUT2D eigenvalue weighted by Crippen LogP contribution is -2.22. The van der Waals surface area contributed by atoms with Crippen molar-refractivity contribution in [3.05, 3.63) is 30.2 Å². The van der Waals surface area contributed by atoms with Gasteiger partial charge in [-0.1, -0.05) is 11.3 Å². The molecule has 4 aromatic rings. The molecule has 0 saturated carbocycles. The van der Waals surface area contributed by atoms with Crippen molar-refractivity contribution in [2.75, 3.05) is 25.6 Å². The maximum atomic E-state index is 15.1. The number of alkyl halides is 1. The number of nitrogens with one attached hydrogen (secondary N) is 1. The van der Waals surface area contributed by atoms with Crippen LogP contribution in [0.3, 0.4) is 0 Å². The molecule has 0 aliphatic carbocycles. The van der Waals surface area contributed by atoms with Gasteiger partial charge >= 0.3 is 0 Å². The third-order valence-corrected chi connectivity index (χ3v) is 5.14. The van der Waals surface area contributed by atoms with Crippen LogP contribution in [-0.2, 0) is 0 Å². The van der Waals surface area contributed by atoms with Gasteiger partial charge in [0.05, 0.1) is 41.9 Å². The zero-order valence-corrected chi connectivity index (χ0v) is 18.1. The first-order chi connectivity index (χ1) is 15.3. The van der Waals surface area contributed by atoms with Gasteiger partial charge in [-0.15, -0.1) is 10.2 Å². The summed E-state index contributed by atoms with van der Waals surface area (Å²) in [6.45, 7) is 4.95. The number of benzene rings is 1. The highest BCUT2D eigenvalue weighted by molar-refractivity contribution is 5.89. The van der Waals surface area contributed by atoms with E-state index in [1.807, 2.05) is 0 Å². The van der Waals surface area contributed by atoms with E-state index in [0.717, 1.165) is 0 Å². The summed E-state index contributed by atoms with van der Waals surface area (Å²) in [5.74, 6) is -0.155. The molecule has 0 bridgehead atoms. The van der Waals surface area contributed by atoms with Gasteiger partial charge < -0.3 is 10.1 Å². The molecule has 0 aliphatic heterocycles. The summed E-state index contributed by atoms with van der Waals surface area (Å²) < 4.78 is 36.6. The van der Waals surface area contributed by atoms with E-state index in [4.69, 9.17) is 4.74 Å². The van der Waals surface area contributed by atoms with Gasteiger partial charge in [0.2, 0.25) is 11.8 Å². The Bertz CT molecular complexity index is 1340. The summed E-state index contributed by atoms with van der Waals surface area (Å²) in [5, 5.41) is 24.6. The minimum absolute atomic E-state index is 0.167. The molecule has 4 rings (SSSR count). The number of halogens is 2. The second kappa shape index (κ2) is 8.03. The van der Waals surface area contributed by atoms with E-state index in [2.05, 4.69) is 31.8 Å². The number of ether oxygens (including phenoxy) is 1. The van der Waals surface area contributed by atoms with E-state index in [0.29, 0.717) is 28.7 Å². The lowest BCUT2D eigenvalue weighted by molar-refractivity contribution is 0.357. The summed E-state index contributed by atoms with van der Waals surface area (Å²) >= 11 is 0. The first kappa shape index (κ1) is 21.4. The molecule has 11 heteroatoms. The third kappa shape index (κ3) is 3.68. The Morgan fingerprint density at radius 1 is 1.34 bits per heavy atom. The summed E-state index contributed by atoms with van der Waals surface area (Å²) in [6.07, 6.45) is 1.24. The smallest absolute Gasteiger partial charge is 0.244 e. The Morgan fingerprint density at radius 3 is 2.81 bits per heavy atom. The standard InChI is InChI=1S/C21H22F2N8O/c1-12(8-22)31-16-7-13(5-6-15(16)27-29-31)17-14(23)9-30-18(17)19(32-4)26-20(28-30)25-11-21(2,3)10-24/h5-7,9,12H,8,11H2,1-4H3,(H,25,28)/t12-/m0/s1. The molecule has 166 valence electrons. The predicted molar refractivity (Wildman–Crippen MR) is 115 cm³/mol. The summed E-state index contributed by atoms with van der Waals surface area (Å²) in [7, 11) is 1.44. The Hall–Kier alpha value is -3.81. The maximum absolute atomic E-state index is 15.1. The number of methoxy groups -OCH3 is 1. The van der Waals surface area contributed by atoms with Crippen LogP contribution in [0.15, 0.2) is 24.4 Å². The van der Waals surface area contributed by atoms with E-state index in [1.54, 1.807) is 39.0 Å². The number of hydrogen-bond acceptors (Lipinski definition) is 7. The van der Waals surface area contributed by atoms with Crippen molar-refractivity contribution >= 4 is 22.5 Å². The van der Waals surface area contributed by atoms with E-state index >= 15 is 4.39 Å². The van der Waals surface area contributed by atoms with Crippen molar-refractivity contribution < 1.29 is 13.5 Å². The van der Waals surface area contributed by atoms with Gasteiger partial charge in [-0.25, -0.2) is 18.0 Å². The van der Waals surface area contributed by atoms with Gasteiger partial charge in [-0.05, 0) is 38.5 Å². The van der Waals surface area contributed by atoms with Crippen LogP contribution in [0.1, 0.15) is 26.8 Å². The molecule has 0 radical (unpaired) electrons. The number of nitrogens with zero attached hydrogens (tertiary/aromatic N) is 7. The Kier molecular flexibility index (Phi) is 5.38. The van der Waals surface area contributed by atoms with Crippen LogP contribution in [0.2, 0.25) is 0 Å². The van der Waals surface area contributed by atoms with Crippen LogP contribution in [0.5, 0.6) is 5.88 Å². The van der Waals surface area contributed by atoms with Gasteiger partial charge in [0, 0.05) is 6.54 Å². The molecule has 0 spiro atoms. The minimum atomic E-state index is -0.637. The summed E-state index contributed by atoms with van der Waals surface area (Å²) in [5.41, 5.74) is 1.64. The lowest BCUT2D eigenvalue weighted by atomic mass is 9.96. The van der Waals surface area contributed by atoms with E-state index < -0.39 is 23.9 Å². The molecule has 32 heavy (non-hydrogen) atoms. The predicted octanol–water partition coefficient (Wildman–Crippen LogP) is 3.78. The van der Waals surface area contributed by atoms with Crippen LogP contribution in [0.25, 0.3) is 27.7 Å². The zero-order chi connectivity index (χ0) is 23.0. The SMILES string of the molecule is COc1nc(NCC(C)(C)C#N)nn2cc(F)c(-c3ccc4nnn([C@@H](C)CF)c4c3)c12. The van der Waals surface area contributed by atoms with E-state index in [9.17, 15) is 9.65 Å². The first-order valence-electron chi connectivity index (χ1n) is 9.97. The molecular formula is C21H22F2N8O. The fourth-order valence-corrected chi connectivity index (χ4v) is 3.34. The molecule has 0 saturated heterocycles. The molecule has 3 heterocycles. The normalized spacial score (nSPS) is 12.8. The quantitative estimate of drug-likeness (QED) is 0.466. The number of fused-ring (bicyclic) bond motifs is 2. The number of rotatable bonds is 7. The summed E-state index contributed by atoms with van der Waals surface area (Å²) in [6, 6.07) is 6.81. The third-order valence-electron chi connectivity index (χ3n) is 5.14. The Balaban J connectivity index is 1.83. The fraction of sp³-hybridized carbons (Fsp3) is 0.381. The van der Waals surface area contributed by atoms with Crippen LogP contribution < -0.4 is 10.1 Å². The van der Waals surface area contributed by atoms with Crippen LogP contribution in [0.4, 0.5) is 14.7 Å². The van der Waals surface area contributed by atoms with Crippen LogP contribution in [-0.4, -0.2) is 49.9 Å². The molecule has 0 aliphatic rings. The molecule has 1 aromatic carbocycles. The molecular weight excluding hydrogens is 418 g/mol. The van der Waals surface area contributed by atoms with Crippen molar-refractivity contribution in [1.82, 2.24) is 29.6 Å². The highest BCUT2D eigenvalue weighted by atomic mass is 19.1. The number of aromatic nitrogens is 6. The van der Waals surface area contributed by atoms with E-state index in [1.165, 1.54) is 22.5 Å². The van der Waals surface area contributed by atoms with Gasteiger partial charge in [0.15, 0.2) is 5.82 Å². The molecule has 0 fully saturated rings. The van der Waals surface area contributed by atoms with Gasteiger partial charge in [0.25, 0.3) is 0 Å². The molecule has 9 nitrogen and oxygen atoms in total. The lowest BCUT2D eigenvalue weighted by Gasteiger charge is -2.16. The second-order valence-electron chi connectivity index (χ2n) is 8.18. The van der Waals surface area contributed by atoms with Crippen molar-refractivity contribution in [3.63, 3.8) is 0 Å². The molecule has 1 atom stereocenters. The average Bonchev–Trinajstić information content (AvgIpc) is 3.36. The average molecular weight is 440 g/mol. The van der Waals surface area contributed by atoms with Gasteiger partial charge in [-0.3, -0.25) is 0 Å². The van der Waals surface area contributed by atoms with Crippen molar-refractivity contribution in [1.29, 1.82) is 5.26 Å². The highest BCUT2D eigenvalue weighted by Gasteiger charge is 2.23. The highest BCUT2D eigenvalue weighted by Crippen LogP contribution is 2.35. The topological polar surface area (TPSA) is 106 Å². The minimum Gasteiger partial charge on any atom is -0.479 e.